The van der Waals surface area contributed by atoms with Crippen LogP contribution in [0, 0.1) is 5.41 Å². The van der Waals surface area contributed by atoms with Crippen molar-refractivity contribution in [1.29, 1.82) is 0 Å². The van der Waals surface area contributed by atoms with E-state index in [-0.39, 0.29) is 19.4 Å². The number of fused-ring (bicyclic) bond motifs is 2. The van der Waals surface area contributed by atoms with Gasteiger partial charge in [-0.15, -0.1) is 0 Å². The second kappa shape index (κ2) is 9.23. The van der Waals surface area contributed by atoms with E-state index in [1.807, 2.05) is 30.3 Å². The van der Waals surface area contributed by atoms with Crippen molar-refractivity contribution < 1.29 is 43.9 Å². The molecule has 1 fully saturated rings. The van der Waals surface area contributed by atoms with E-state index in [1.165, 1.54) is 0 Å². The van der Waals surface area contributed by atoms with Crippen molar-refractivity contribution in [1.82, 2.24) is 0 Å². The first-order chi connectivity index (χ1) is 14.3. The van der Waals surface area contributed by atoms with E-state index in [0.29, 0.717) is 5.57 Å². The van der Waals surface area contributed by atoms with E-state index in [9.17, 15) is 24.9 Å². The van der Waals surface area contributed by atoms with Gasteiger partial charge in [-0.3, -0.25) is 9.59 Å². The molecule has 2 bridgehead atoms. The number of hydrogen-bond donors (Lipinski definition) is 3. The summed E-state index contributed by atoms with van der Waals surface area (Å²) in [7, 11) is 2.31. The average Bonchev–Trinajstić information content (AvgIpc) is 2.78. The molecular formula is C21H26O9. The van der Waals surface area contributed by atoms with Crippen LogP contribution < -0.4 is 0 Å². The predicted octanol–water partition coefficient (Wildman–Crippen LogP) is 0.0204. The summed E-state index contributed by atoms with van der Waals surface area (Å²) in [5.74, 6) is -1.71. The summed E-state index contributed by atoms with van der Waals surface area (Å²) in [6, 6.07) is 9.11. The molecular weight excluding hydrogens is 396 g/mol. The number of esters is 2. The summed E-state index contributed by atoms with van der Waals surface area (Å²) in [5.41, 5.74) is -0.470. The Morgan fingerprint density at radius 3 is 2.23 bits per heavy atom. The van der Waals surface area contributed by atoms with Gasteiger partial charge in [-0.1, -0.05) is 36.4 Å². The van der Waals surface area contributed by atoms with E-state index in [1.54, 1.807) is 6.08 Å². The minimum atomic E-state index is -1.85. The molecule has 1 aromatic carbocycles. The zero-order valence-electron chi connectivity index (χ0n) is 16.8. The van der Waals surface area contributed by atoms with Crippen LogP contribution in [-0.4, -0.2) is 78.8 Å². The van der Waals surface area contributed by atoms with Crippen LogP contribution in [0.3, 0.4) is 0 Å². The van der Waals surface area contributed by atoms with E-state index in [0.717, 1.165) is 19.8 Å². The Labute approximate surface area is 173 Å². The van der Waals surface area contributed by atoms with Crippen LogP contribution in [0.5, 0.6) is 0 Å². The molecule has 3 rings (SSSR count). The second-order valence-electron chi connectivity index (χ2n) is 7.39. The lowest BCUT2D eigenvalue weighted by Crippen LogP contribution is -2.60. The number of carbonyl (C=O) groups excluding carboxylic acids is 2. The lowest BCUT2D eigenvalue weighted by Gasteiger charge is -2.43. The molecule has 0 aromatic heterocycles. The van der Waals surface area contributed by atoms with Gasteiger partial charge in [-0.25, -0.2) is 0 Å². The standard InChI is InChI=1S/C21H26O9/c1-27-19(25)21(20(26)28-2)10-13(12-6-4-3-5-7-12)8-9-29-18-17(24)16(23)15(22)14(11-21)30-18/h3-8,14-18,22-24H,9-11H2,1-2H3/b13-8+/t14-,15-,16+,17-,18-/m1/s1. The van der Waals surface area contributed by atoms with Gasteiger partial charge < -0.3 is 34.3 Å². The Morgan fingerprint density at radius 1 is 1.00 bits per heavy atom. The quantitative estimate of drug-likeness (QED) is 0.456. The Bertz CT molecular complexity index is 775. The summed E-state index contributed by atoms with van der Waals surface area (Å²) in [5, 5.41) is 30.9. The number of hydrogen-bond acceptors (Lipinski definition) is 9. The van der Waals surface area contributed by atoms with Crippen molar-refractivity contribution in [2.24, 2.45) is 5.41 Å². The zero-order chi connectivity index (χ0) is 21.9. The fourth-order valence-corrected chi connectivity index (χ4v) is 3.94. The Morgan fingerprint density at radius 2 is 1.63 bits per heavy atom. The minimum absolute atomic E-state index is 0.0279. The first-order valence-electron chi connectivity index (χ1n) is 9.56. The highest BCUT2D eigenvalue weighted by molar-refractivity contribution is 6.01. The van der Waals surface area contributed by atoms with Gasteiger partial charge >= 0.3 is 11.9 Å². The fraction of sp³-hybridized carbons (Fsp3) is 0.524. The predicted molar refractivity (Wildman–Crippen MR) is 103 cm³/mol. The Kier molecular flexibility index (Phi) is 6.89. The molecule has 30 heavy (non-hydrogen) atoms. The van der Waals surface area contributed by atoms with Gasteiger partial charge in [0.2, 0.25) is 0 Å². The normalized spacial score (nSPS) is 33.0. The molecule has 0 aliphatic carbocycles. The van der Waals surface area contributed by atoms with E-state index < -0.39 is 48.1 Å². The van der Waals surface area contributed by atoms with Gasteiger partial charge in [0, 0.05) is 6.42 Å². The number of allylic oxidation sites excluding steroid dienone is 1. The molecule has 2 heterocycles. The maximum Gasteiger partial charge on any atom is 0.323 e. The molecule has 9 heteroatoms. The fourth-order valence-electron chi connectivity index (χ4n) is 3.94. The molecule has 0 amide bonds. The van der Waals surface area contributed by atoms with Crippen LogP contribution in [0.4, 0.5) is 0 Å². The van der Waals surface area contributed by atoms with E-state index in [2.05, 4.69) is 0 Å². The molecule has 1 aromatic rings. The molecule has 2 aliphatic rings. The zero-order valence-corrected chi connectivity index (χ0v) is 16.8. The smallest absolute Gasteiger partial charge is 0.323 e. The third kappa shape index (κ3) is 4.12. The van der Waals surface area contributed by atoms with Crippen molar-refractivity contribution in [3.8, 4) is 0 Å². The number of methoxy groups -OCH3 is 2. The third-order valence-corrected chi connectivity index (χ3v) is 5.60. The van der Waals surface area contributed by atoms with Gasteiger partial charge in [0.25, 0.3) is 0 Å². The molecule has 1 saturated heterocycles. The molecule has 0 unspecified atom stereocenters. The molecule has 0 radical (unpaired) electrons. The van der Waals surface area contributed by atoms with Gasteiger partial charge in [0.05, 0.1) is 26.9 Å². The second-order valence-corrected chi connectivity index (χ2v) is 7.39. The molecule has 5 atom stereocenters. The van der Waals surface area contributed by atoms with Crippen molar-refractivity contribution in [3.05, 3.63) is 42.0 Å². The van der Waals surface area contributed by atoms with Crippen molar-refractivity contribution in [2.75, 3.05) is 20.8 Å². The SMILES string of the molecule is COC(=O)C1(C(=O)OC)C/C(c2ccccc2)=C\CO[C@@H]2O[C@H](C1)[C@@H](O)[C@H](O)[C@H]2O. The first-order valence-corrected chi connectivity index (χ1v) is 9.56. The highest BCUT2D eigenvalue weighted by Gasteiger charge is 2.55. The van der Waals surface area contributed by atoms with E-state index in [4.69, 9.17) is 18.9 Å². The van der Waals surface area contributed by atoms with Crippen LogP contribution in [0.15, 0.2) is 36.4 Å². The van der Waals surface area contributed by atoms with E-state index >= 15 is 0 Å². The number of rotatable bonds is 3. The number of aliphatic hydroxyl groups excluding tert-OH is 3. The van der Waals surface area contributed by atoms with Gasteiger partial charge in [0.1, 0.15) is 18.3 Å². The van der Waals surface area contributed by atoms with Crippen LogP contribution in [0.2, 0.25) is 0 Å². The molecule has 9 nitrogen and oxygen atoms in total. The average molecular weight is 422 g/mol. The Balaban J connectivity index is 2.12. The summed E-state index contributed by atoms with van der Waals surface area (Å²) in [6.45, 7) is -0.0279. The lowest BCUT2D eigenvalue weighted by atomic mass is 9.73. The summed E-state index contributed by atoms with van der Waals surface area (Å²) >= 11 is 0. The minimum Gasteiger partial charge on any atom is -0.468 e. The highest BCUT2D eigenvalue weighted by atomic mass is 16.7. The topological polar surface area (TPSA) is 132 Å². The monoisotopic (exact) mass is 422 g/mol. The van der Waals surface area contributed by atoms with Crippen molar-refractivity contribution in [3.63, 3.8) is 0 Å². The van der Waals surface area contributed by atoms with Gasteiger partial charge in [-0.2, -0.15) is 0 Å². The number of ether oxygens (including phenoxy) is 4. The number of carbonyl (C=O) groups is 2. The van der Waals surface area contributed by atoms with Gasteiger partial charge in [-0.05, 0) is 17.6 Å². The van der Waals surface area contributed by atoms with Crippen LogP contribution in [-0.2, 0) is 28.5 Å². The maximum absolute atomic E-state index is 12.9. The van der Waals surface area contributed by atoms with Crippen LogP contribution in [0.25, 0.3) is 5.57 Å². The summed E-state index contributed by atoms with van der Waals surface area (Å²) in [6.07, 6.45) is -5.87. The molecule has 164 valence electrons. The largest absolute Gasteiger partial charge is 0.468 e. The lowest BCUT2D eigenvalue weighted by molar-refractivity contribution is -0.298. The van der Waals surface area contributed by atoms with Gasteiger partial charge in [0.15, 0.2) is 11.7 Å². The molecule has 3 N–H and O–H groups in total. The number of benzene rings is 1. The molecule has 2 aliphatic heterocycles. The molecule has 0 saturated carbocycles. The van der Waals surface area contributed by atoms with Crippen molar-refractivity contribution >= 4 is 17.5 Å². The third-order valence-electron chi connectivity index (χ3n) is 5.60. The highest BCUT2D eigenvalue weighted by Crippen LogP contribution is 2.41. The van der Waals surface area contributed by atoms with Crippen molar-refractivity contribution in [2.45, 2.75) is 43.5 Å². The number of aliphatic hydroxyl groups is 3. The summed E-state index contributed by atoms with van der Waals surface area (Å²) < 4.78 is 21.1. The van der Waals surface area contributed by atoms with Crippen LogP contribution in [0.1, 0.15) is 18.4 Å². The summed E-state index contributed by atoms with van der Waals surface area (Å²) in [4.78, 5) is 25.8. The maximum atomic E-state index is 12.9. The van der Waals surface area contributed by atoms with Crippen LogP contribution >= 0.6 is 0 Å². The molecule has 0 spiro atoms. The first kappa shape index (κ1) is 22.4. The Hall–Kier alpha value is -2.30.